The van der Waals surface area contributed by atoms with E-state index in [2.05, 4.69) is 20.8 Å². The maximum absolute atomic E-state index is 13.0. The van der Waals surface area contributed by atoms with Crippen molar-refractivity contribution in [3.05, 3.63) is 32.9 Å². The van der Waals surface area contributed by atoms with Crippen LogP contribution in [0.1, 0.15) is 31.4 Å². The van der Waals surface area contributed by atoms with Gasteiger partial charge >= 0.3 is 5.97 Å². The first kappa shape index (κ1) is 25.2. The molecule has 4 aliphatic rings. The van der Waals surface area contributed by atoms with Gasteiger partial charge in [0.05, 0.1) is 6.04 Å². The summed E-state index contributed by atoms with van der Waals surface area (Å²) < 4.78 is 0.0395. The van der Waals surface area contributed by atoms with Crippen molar-refractivity contribution >= 4 is 57.5 Å². The minimum Gasteiger partial charge on any atom is -0.477 e. The second-order valence-electron chi connectivity index (χ2n) is 9.13. The maximum Gasteiger partial charge on any atom is 0.352 e. The van der Waals surface area contributed by atoms with E-state index in [1.54, 1.807) is 6.08 Å². The van der Waals surface area contributed by atoms with E-state index in [1.807, 2.05) is 4.90 Å². The highest BCUT2D eigenvalue weighted by Crippen LogP contribution is 2.38. The van der Waals surface area contributed by atoms with Crippen molar-refractivity contribution in [3.63, 3.8) is 0 Å². The number of thiazole rings is 1. The summed E-state index contributed by atoms with van der Waals surface area (Å²) in [5.74, 6) is -2.92. The average Bonchev–Trinajstić information content (AvgIpc) is 3.59. The normalized spacial score (nSPS) is 27.1. The van der Waals surface area contributed by atoms with Gasteiger partial charge in [-0.25, -0.2) is 9.78 Å². The summed E-state index contributed by atoms with van der Waals surface area (Å²) in [4.78, 5) is 57.7. The molecule has 6 N–H and O–H groups in total. The number of hydrogen-bond acceptors (Lipinski definition) is 10. The van der Waals surface area contributed by atoms with Crippen molar-refractivity contribution in [3.8, 4) is 0 Å². The van der Waals surface area contributed by atoms with Gasteiger partial charge in [-0.3, -0.25) is 19.3 Å². The molecule has 0 radical (unpaired) electrons. The number of aliphatic carboxylic acids is 1. The minimum atomic E-state index is -1.29. The van der Waals surface area contributed by atoms with Gasteiger partial charge in [0.2, 0.25) is 5.91 Å². The highest BCUT2D eigenvalue weighted by Gasteiger charge is 2.53. The average molecular weight is 550 g/mol. The number of hydrogen-bond donors (Lipinski definition) is 5. The number of carbonyl (C=O) groups is 4. The number of halogens is 1. The van der Waals surface area contributed by atoms with Gasteiger partial charge in [0.25, 0.3) is 11.8 Å². The monoisotopic (exact) mass is 549 g/mol. The zero-order valence-electron chi connectivity index (χ0n) is 19.4. The number of nitrogen functional groups attached to an aromatic ring is 1. The Morgan fingerprint density at radius 1 is 1.30 bits per heavy atom. The Kier molecular flexibility index (Phi) is 6.64. The molecule has 1 aromatic rings. The van der Waals surface area contributed by atoms with Crippen LogP contribution in [-0.4, -0.2) is 92.3 Å². The number of oxime groups is 1. The molecule has 37 heavy (non-hydrogen) atoms. The summed E-state index contributed by atoms with van der Waals surface area (Å²) in [7, 11) is 0. The summed E-state index contributed by atoms with van der Waals surface area (Å²) in [6, 6.07) is -1.51. The topological polar surface area (TPSA) is 191 Å². The lowest BCUT2D eigenvalue weighted by Gasteiger charge is -2.50. The number of amides is 3. The smallest absolute Gasteiger partial charge is 0.352 e. The Morgan fingerprint density at radius 3 is 2.70 bits per heavy atom. The van der Waals surface area contributed by atoms with Gasteiger partial charge in [-0.05, 0) is 43.9 Å². The van der Waals surface area contributed by atoms with Crippen LogP contribution in [-0.2, 0) is 19.2 Å². The van der Waals surface area contributed by atoms with Crippen LogP contribution < -0.4 is 16.4 Å². The van der Waals surface area contributed by atoms with Crippen LogP contribution in [0.5, 0.6) is 0 Å². The molecule has 13 nitrogen and oxygen atoms in total. The maximum atomic E-state index is 13.0. The Hall–Kier alpha value is -3.49. The molecule has 0 saturated carbocycles. The van der Waals surface area contributed by atoms with E-state index in [1.165, 1.54) is 0 Å². The van der Waals surface area contributed by atoms with Gasteiger partial charge in [-0.15, -0.1) is 0 Å². The molecule has 3 saturated heterocycles. The fraction of sp³-hybridized carbons (Fsp3) is 0.455. The molecule has 0 aliphatic carbocycles. The molecule has 3 atom stereocenters. The number of fused-ring (bicyclic) bond motifs is 1. The Balaban J connectivity index is 1.34. The molecule has 0 bridgehead atoms. The van der Waals surface area contributed by atoms with Crippen molar-refractivity contribution < 1.29 is 29.5 Å². The van der Waals surface area contributed by atoms with Crippen LogP contribution in [0.15, 0.2) is 28.1 Å². The molecule has 0 aromatic carbocycles. The van der Waals surface area contributed by atoms with Gasteiger partial charge in [-0.1, -0.05) is 28.1 Å². The van der Waals surface area contributed by atoms with Crippen molar-refractivity contribution in [1.29, 1.82) is 0 Å². The zero-order valence-corrected chi connectivity index (χ0v) is 21.0. The van der Waals surface area contributed by atoms with Crippen molar-refractivity contribution in [2.75, 3.05) is 25.4 Å². The molecular weight excluding hydrogens is 526 g/mol. The number of β-lactam (4-membered cyclic amide) rings is 1. The second-order valence-corrected chi connectivity index (χ2v) is 10.8. The number of rotatable bonds is 6. The number of nitrogens with one attached hydrogen (secondary N) is 2. The van der Waals surface area contributed by atoms with E-state index in [4.69, 9.17) is 17.3 Å². The third-order valence-electron chi connectivity index (χ3n) is 7.09. The molecule has 5 heterocycles. The lowest BCUT2D eigenvalue weighted by molar-refractivity contribution is -0.155. The SMILES string of the molecule is Nc1nc(/C(=N\O)C(=O)NC2C(=O)N3C(C(=O)O)=C(/C=C4\CCN(C5CCNC5)C4=O)CCC23)c(Cl)s1. The summed E-state index contributed by atoms with van der Waals surface area (Å²) >= 11 is 6.89. The predicted molar refractivity (Wildman–Crippen MR) is 132 cm³/mol. The van der Waals surface area contributed by atoms with Crippen LogP contribution in [0.3, 0.4) is 0 Å². The van der Waals surface area contributed by atoms with Crippen LogP contribution >= 0.6 is 22.9 Å². The number of anilines is 1. The highest BCUT2D eigenvalue weighted by atomic mass is 35.5. The Morgan fingerprint density at radius 2 is 2.08 bits per heavy atom. The van der Waals surface area contributed by atoms with Gasteiger partial charge < -0.3 is 31.6 Å². The number of carbonyl (C=O) groups excluding carboxylic acids is 3. The number of aromatic nitrogens is 1. The first-order valence-corrected chi connectivity index (χ1v) is 12.9. The van der Waals surface area contributed by atoms with Gasteiger partial charge in [0.15, 0.2) is 10.8 Å². The first-order valence-electron chi connectivity index (χ1n) is 11.7. The molecule has 5 rings (SSSR count). The Bertz CT molecular complexity index is 1280. The third kappa shape index (κ3) is 4.34. The number of allylic oxidation sites excluding steroid dienone is 2. The summed E-state index contributed by atoms with van der Waals surface area (Å²) in [5.41, 5.74) is 5.68. The summed E-state index contributed by atoms with van der Waals surface area (Å²) in [6.45, 7) is 2.17. The Labute approximate surface area is 219 Å². The van der Waals surface area contributed by atoms with Gasteiger partial charge in [-0.2, -0.15) is 0 Å². The van der Waals surface area contributed by atoms with E-state index in [9.17, 15) is 29.5 Å². The summed E-state index contributed by atoms with van der Waals surface area (Å²) in [5, 5.41) is 28.0. The van der Waals surface area contributed by atoms with E-state index in [0.717, 1.165) is 35.7 Å². The fourth-order valence-corrected chi connectivity index (χ4v) is 6.27. The molecule has 15 heteroatoms. The second kappa shape index (κ2) is 9.76. The van der Waals surface area contributed by atoms with Crippen LogP contribution in [0, 0.1) is 0 Å². The predicted octanol–water partition coefficient (Wildman–Crippen LogP) is -0.0943. The van der Waals surface area contributed by atoms with Crippen LogP contribution in [0.4, 0.5) is 5.13 Å². The van der Waals surface area contributed by atoms with E-state index in [0.29, 0.717) is 37.0 Å². The third-order valence-corrected chi connectivity index (χ3v) is 8.17. The quantitative estimate of drug-likeness (QED) is 0.106. The number of carboxylic acids is 1. The van der Waals surface area contributed by atoms with Gasteiger partial charge in [0, 0.05) is 24.7 Å². The minimum absolute atomic E-state index is 0.0395. The molecule has 1 aromatic heterocycles. The summed E-state index contributed by atoms with van der Waals surface area (Å²) in [6.07, 6.45) is 3.67. The molecule has 0 spiro atoms. The van der Waals surface area contributed by atoms with Crippen molar-refractivity contribution in [1.82, 2.24) is 25.4 Å². The molecule has 3 amide bonds. The standard InChI is InChI=1S/C22H24ClN7O6S/c23-17-14(27-22(24)37-17)15(28-36)18(31)26-13-12-2-1-9(16(21(34)35)30(12)20(13)33)7-10-4-6-29(19(10)32)11-3-5-25-8-11/h7,11-13,25,36H,1-6,8H2,(H2,24,27)(H,26,31)(H,34,35)/b10-7+,28-15+. The van der Waals surface area contributed by atoms with Crippen molar-refractivity contribution in [2.45, 2.75) is 43.8 Å². The number of likely N-dealkylation sites (tertiary alicyclic amines) is 1. The van der Waals surface area contributed by atoms with Gasteiger partial charge in [0.1, 0.15) is 21.8 Å². The van der Waals surface area contributed by atoms with E-state index in [-0.39, 0.29) is 32.8 Å². The number of nitrogens with two attached hydrogens (primary N) is 1. The molecule has 196 valence electrons. The lowest BCUT2D eigenvalue weighted by atomic mass is 9.82. The number of nitrogens with zero attached hydrogens (tertiary/aromatic N) is 4. The fourth-order valence-electron chi connectivity index (χ4n) is 5.34. The van der Waals surface area contributed by atoms with E-state index >= 15 is 0 Å². The van der Waals surface area contributed by atoms with Crippen molar-refractivity contribution in [2.24, 2.45) is 5.16 Å². The largest absolute Gasteiger partial charge is 0.477 e. The zero-order chi connectivity index (χ0) is 26.4. The molecule has 3 fully saturated rings. The molecule has 3 unspecified atom stereocenters. The van der Waals surface area contributed by atoms with Crippen LogP contribution in [0.2, 0.25) is 4.34 Å². The highest BCUT2D eigenvalue weighted by molar-refractivity contribution is 7.19. The molecular formula is C22H24ClN7O6S. The van der Waals surface area contributed by atoms with Crippen LogP contribution in [0.25, 0.3) is 0 Å². The first-order chi connectivity index (χ1) is 17.7. The lowest BCUT2D eigenvalue weighted by Crippen LogP contribution is -2.72. The molecule has 4 aliphatic heterocycles. The van der Waals surface area contributed by atoms with E-state index < -0.39 is 35.6 Å². The number of carboxylic acid groups (broad SMARTS) is 1.